The first kappa shape index (κ1) is 17.0. The number of para-hydroxylation sites is 1. The summed E-state index contributed by atoms with van der Waals surface area (Å²) in [7, 11) is 0. The van der Waals surface area contributed by atoms with Crippen LogP contribution in [0.15, 0.2) is 48.8 Å². The zero-order valence-electron chi connectivity index (χ0n) is 14.2. The topological polar surface area (TPSA) is 62.7 Å². The molecule has 2 heterocycles. The molecule has 0 radical (unpaired) electrons. The van der Waals surface area contributed by atoms with Crippen LogP contribution in [0.1, 0.15) is 15.9 Å². The maximum atomic E-state index is 12.4. The van der Waals surface area contributed by atoms with Crippen LogP contribution >= 0.6 is 0 Å². The van der Waals surface area contributed by atoms with Gasteiger partial charge in [-0.05, 0) is 30.7 Å². The van der Waals surface area contributed by atoms with Gasteiger partial charge in [0.1, 0.15) is 5.75 Å². The monoisotopic (exact) mass is 339 g/mol. The molecule has 1 fully saturated rings. The Kier molecular flexibility index (Phi) is 5.28. The number of rotatable bonds is 4. The molecular formula is C19H21N3O3. The lowest BCUT2D eigenvalue weighted by molar-refractivity contribution is -0.134. The van der Waals surface area contributed by atoms with Gasteiger partial charge < -0.3 is 14.5 Å². The normalized spacial score (nSPS) is 14.3. The van der Waals surface area contributed by atoms with Gasteiger partial charge in [-0.3, -0.25) is 14.6 Å². The van der Waals surface area contributed by atoms with Gasteiger partial charge in [-0.15, -0.1) is 0 Å². The molecule has 2 amide bonds. The maximum absolute atomic E-state index is 12.4. The van der Waals surface area contributed by atoms with E-state index >= 15 is 0 Å². The summed E-state index contributed by atoms with van der Waals surface area (Å²) in [5.41, 5.74) is 1.63. The number of amides is 2. The summed E-state index contributed by atoms with van der Waals surface area (Å²) in [5.74, 6) is 0.646. The Morgan fingerprint density at radius 1 is 1.00 bits per heavy atom. The number of piperazine rings is 1. The molecule has 0 atom stereocenters. The van der Waals surface area contributed by atoms with E-state index in [2.05, 4.69) is 4.98 Å². The molecule has 0 unspecified atom stereocenters. The molecule has 1 aliphatic heterocycles. The average Bonchev–Trinajstić information content (AvgIpc) is 2.67. The summed E-state index contributed by atoms with van der Waals surface area (Å²) in [4.78, 5) is 32.1. The molecule has 0 spiro atoms. The minimum atomic E-state index is -0.0562. The lowest BCUT2D eigenvalue weighted by Crippen LogP contribution is -2.51. The fourth-order valence-corrected chi connectivity index (χ4v) is 2.79. The minimum absolute atomic E-state index is 0.0170. The van der Waals surface area contributed by atoms with Gasteiger partial charge in [0.05, 0.1) is 0 Å². The first-order valence-corrected chi connectivity index (χ1v) is 8.30. The van der Waals surface area contributed by atoms with Crippen LogP contribution < -0.4 is 4.74 Å². The highest BCUT2D eigenvalue weighted by Gasteiger charge is 2.25. The predicted octanol–water partition coefficient (Wildman–Crippen LogP) is 1.75. The molecule has 1 aromatic carbocycles. The van der Waals surface area contributed by atoms with Crippen LogP contribution in [0.4, 0.5) is 0 Å². The van der Waals surface area contributed by atoms with Gasteiger partial charge in [0.15, 0.2) is 6.61 Å². The summed E-state index contributed by atoms with van der Waals surface area (Å²) < 4.78 is 5.62. The lowest BCUT2D eigenvalue weighted by Gasteiger charge is -2.34. The first-order valence-electron chi connectivity index (χ1n) is 8.30. The average molecular weight is 339 g/mol. The van der Waals surface area contributed by atoms with Crippen molar-refractivity contribution in [2.45, 2.75) is 6.92 Å². The van der Waals surface area contributed by atoms with E-state index in [0.29, 0.717) is 31.7 Å². The van der Waals surface area contributed by atoms with Crippen molar-refractivity contribution in [2.75, 3.05) is 32.8 Å². The van der Waals surface area contributed by atoms with Crippen LogP contribution in [0.5, 0.6) is 5.75 Å². The SMILES string of the molecule is Cc1ccccc1OCC(=O)N1CCN(C(=O)c2ccncc2)CC1. The summed E-state index contributed by atoms with van der Waals surface area (Å²) in [6.07, 6.45) is 3.21. The lowest BCUT2D eigenvalue weighted by atomic mass is 10.2. The van der Waals surface area contributed by atoms with Gasteiger partial charge in [-0.25, -0.2) is 0 Å². The van der Waals surface area contributed by atoms with Gasteiger partial charge in [-0.1, -0.05) is 18.2 Å². The number of pyridine rings is 1. The number of hydrogen-bond acceptors (Lipinski definition) is 4. The molecule has 6 heteroatoms. The largest absolute Gasteiger partial charge is 0.484 e. The summed E-state index contributed by atoms with van der Waals surface area (Å²) in [6, 6.07) is 11.0. The van der Waals surface area contributed by atoms with Crippen molar-refractivity contribution in [3.63, 3.8) is 0 Å². The fourth-order valence-electron chi connectivity index (χ4n) is 2.79. The number of aromatic nitrogens is 1. The second-order valence-electron chi connectivity index (χ2n) is 5.96. The molecule has 1 aliphatic rings. The van der Waals surface area contributed by atoms with Gasteiger partial charge >= 0.3 is 0 Å². The highest BCUT2D eigenvalue weighted by Crippen LogP contribution is 2.16. The quantitative estimate of drug-likeness (QED) is 0.851. The molecule has 6 nitrogen and oxygen atoms in total. The van der Waals surface area contributed by atoms with Crippen LogP contribution in [0, 0.1) is 6.92 Å². The maximum Gasteiger partial charge on any atom is 0.260 e. The molecule has 1 aromatic heterocycles. The van der Waals surface area contributed by atoms with E-state index in [9.17, 15) is 9.59 Å². The predicted molar refractivity (Wildman–Crippen MR) is 93.4 cm³/mol. The van der Waals surface area contributed by atoms with E-state index in [1.807, 2.05) is 31.2 Å². The zero-order valence-corrected chi connectivity index (χ0v) is 14.2. The van der Waals surface area contributed by atoms with E-state index < -0.39 is 0 Å². The zero-order chi connectivity index (χ0) is 17.6. The Morgan fingerprint density at radius 2 is 1.64 bits per heavy atom. The molecule has 3 rings (SSSR count). The van der Waals surface area contributed by atoms with Crippen molar-refractivity contribution in [1.29, 1.82) is 0 Å². The Hall–Kier alpha value is -2.89. The van der Waals surface area contributed by atoms with Crippen molar-refractivity contribution < 1.29 is 14.3 Å². The number of carbonyl (C=O) groups excluding carboxylic acids is 2. The van der Waals surface area contributed by atoms with Crippen LogP contribution in [0.2, 0.25) is 0 Å². The third kappa shape index (κ3) is 4.15. The van der Waals surface area contributed by atoms with Gasteiger partial charge in [0, 0.05) is 44.1 Å². The van der Waals surface area contributed by atoms with Crippen LogP contribution in [0.3, 0.4) is 0 Å². The first-order chi connectivity index (χ1) is 12.1. The number of carbonyl (C=O) groups is 2. The Labute approximate surface area is 147 Å². The number of benzene rings is 1. The van der Waals surface area contributed by atoms with Gasteiger partial charge in [-0.2, -0.15) is 0 Å². The third-order valence-corrected chi connectivity index (χ3v) is 4.29. The van der Waals surface area contributed by atoms with Crippen molar-refractivity contribution in [3.8, 4) is 5.75 Å². The Morgan fingerprint density at radius 3 is 2.32 bits per heavy atom. The molecule has 25 heavy (non-hydrogen) atoms. The van der Waals surface area contributed by atoms with Crippen LogP contribution in [-0.4, -0.2) is 59.4 Å². The molecule has 2 aromatic rings. The number of aryl methyl sites for hydroxylation is 1. The second-order valence-corrected chi connectivity index (χ2v) is 5.96. The Balaban J connectivity index is 1.49. The molecule has 0 bridgehead atoms. The summed E-state index contributed by atoms with van der Waals surface area (Å²) in [6.45, 7) is 4.06. The van der Waals surface area contributed by atoms with Crippen molar-refractivity contribution in [1.82, 2.24) is 14.8 Å². The molecule has 0 aliphatic carbocycles. The highest BCUT2D eigenvalue weighted by atomic mass is 16.5. The smallest absolute Gasteiger partial charge is 0.260 e. The summed E-state index contributed by atoms with van der Waals surface area (Å²) in [5, 5.41) is 0. The van der Waals surface area contributed by atoms with Crippen molar-refractivity contribution in [3.05, 3.63) is 59.9 Å². The number of ether oxygens (including phenoxy) is 1. The van der Waals surface area contributed by atoms with E-state index in [1.54, 1.807) is 34.3 Å². The van der Waals surface area contributed by atoms with Crippen molar-refractivity contribution >= 4 is 11.8 Å². The number of nitrogens with zero attached hydrogens (tertiary/aromatic N) is 3. The van der Waals surface area contributed by atoms with E-state index in [0.717, 1.165) is 11.3 Å². The third-order valence-electron chi connectivity index (χ3n) is 4.29. The second kappa shape index (κ2) is 7.79. The van der Waals surface area contributed by atoms with Crippen LogP contribution in [-0.2, 0) is 4.79 Å². The molecule has 130 valence electrons. The van der Waals surface area contributed by atoms with Gasteiger partial charge in [0.25, 0.3) is 11.8 Å². The molecule has 1 saturated heterocycles. The standard InChI is InChI=1S/C19H21N3O3/c1-15-4-2-3-5-17(15)25-14-18(23)21-10-12-22(13-11-21)19(24)16-6-8-20-9-7-16/h2-9H,10-14H2,1H3. The van der Waals surface area contributed by atoms with Gasteiger partial charge in [0.2, 0.25) is 0 Å². The number of hydrogen-bond donors (Lipinski definition) is 0. The van der Waals surface area contributed by atoms with E-state index in [4.69, 9.17) is 4.74 Å². The molecule has 0 saturated carbocycles. The Bertz CT molecular complexity index is 741. The highest BCUT2D eigenvalue weighted by molar-refractivity contribution is 5.94. The fraction of sp³-hybridized carbons (Fsp3) is 0.316. The summed E-state index contributed by atoms with van der Waals surface area (Å²) >= 11 is 0. The minimum Gasteiger partial charge on any atom is -0.484 e. The van der Waals surface area contributed by atoms with Crippen LogP contribution in [0.25, 0.3) is 0 Å². The van der Waals surface area contributed by atoms with E-state index in [1.165, 1.54) is 0 Å². The molecular weight excluding hydrogens is 318 g/mol. The molecule has 0 N–H and O–H groups in total. The van der Waals surface area contributed by atoms with E-state index in [-0.39, 0.29) is 18.4 Å². The van der Waals surface area contributed by atoms with Crippen molar-refractivity contribution in [2.24, 2.45) is 0 Å².